The van der Waals surface area contributed by atoms with E-state index in [9.17, 15) is 13.2 Å². The van der Waals surface area contributed by atoms with E-state index in [-0.39, 0.29) is 0 Å². The largest absolute Gasteiger partial charge is 0.497 e. The third-order valence-corrected chi connectivity index (χ3v) is 6.26. The molecule has 1 aromatic carbocycles. The lowest BCUT2D eigenvalue weighted by Gasteiger charge is -2.28. The van der Waals surface area contributed by atoms with Crippen LogP contribution in [0.25, 0.3) is 0 Å². The van der Waals surface area contributed by atoms with Gasteiger partial charge in [0.25, 0.3) is 0 Å². The molecule has 0 bridgehead atoms. The van der Waals surface area contributed by atoms with Crippen LogP contribution in [-0.4, -0.2) is 50.2 Å². The minimum absolute atomic E-state index is 0.320. The normalized spacial score (nSPS) is 12.5. The minimum atomic E-state index is -3.70. The molecule has 0 aliphatic rings. The summed E-state index contributed by atoms with van der Waals surface area (Å²) in [5, 5.41) is 10.7. The Balaban J connectivity index is 2.29. The van der Waals surface area contributed by atoms with Crippen LogP contribution in [-0.2, 0) is 14.8 Å². The molecule has 1 amide bonds. The highest BCUT2D eigenvalue weighted by atomic mass is 32.2. The number of aromatic nitrogens is 2. The van der Waals surface area contributed by atoms with E-state index in [4.69, 9.17) is 4.74 Å². The molecule has 1 atom stereocenters. The van der Waals surface area contributed by atoms with Crippen molar-refractivity contribution in [3.63, 3.8) is 0 Å². The van der Waals surface area contributed by atoms with Gasteiger partial charge in [0.2, 0.25) is 21.1 Å². The molecule has 1 heterocycles. The summed E-state index contributed by atoms with van der Waals surface area (Å²) in [6.45, 7) is 1.51. The summed E-state index contributed by atoms with van der Waals surface area (Å²) in [6.07, 6.45) is 2.90. The molecule has 0 fully saturated rings. The molecule has 0 aliphatic heterocycles. The van der Waals surface area contributed by atoms with Gasteiger partial charge in [-0.2, -0.15) is 0 Å². The van der Waals surface area contributed by atoms with Gasteiger partial charge in [-0.1, -0.05) is 29.2 Å². The number of hydrogen-bond acceptors (Lipinski definition) is 8. The molecule has 11 heteroatoms. The number of carbonyl (C=O) groups excluding carboxylic acids is 1. The molecule has 1 aromatic heterocycles. The van der Waals surface area contributed by atoms with Gasteiger partial charge in [-0.25, -0.2) is 8.42 Å². The first kappa shape index (κ1) is 19.5. The van der Waals surface area contributed by atoms with Gasteiger partial charge in [-0.05, 0) is 25.3 Å². The Morgan fingerprint density at radius 1 is 1.40 bits per heavy atom. The van der Waals surface area contributed by atoms with E-state index >= 15 is 0 Å². The molecule has 0 unspecified atom stereocenters. The number of nitrogens with one attached hydrogen (secondary N) is 1. The van der Waals surface area contributed by atoms with Crippen LogP contribution in [0.15, 0.2) is 28.6 Å². The number of sulfonamides is 1. The van der Waals surface area contributed by atoms with E-state index < -0.39 is 22.0 Å². The van der Waals surface area contributed by atoms with Gasteiger partial charge in [0.1, 0.15) is 11.8 Å². The average molecular weight is 403 g/mol. The van der Waals surface area contributed by atoms with Crippen LogP contribution in [0.5, 0.6) is 5.75 Å². The topological polar surface area (TPSA) is 101 Å². The maximum atomic E-state index is 12.5. The predicted octanol–water partition coefficient (Wildman–Crippen LogP) is 2.06. The lowest BCUT2D eigenvalue weighted by molar-refractivity contribution is -0.116. The molecule has 2 aromatic rings. The number of thioether (sulfide) groups is 1. The number of amides is 1. The Hall–Kier alpha value is -1.85. The van der Waals surface area contributed by atoms with Crippen molar-refractivity contribution in [1.29, 1.82) is 0 Å². The second-order valence-electron chi connectivity index (χ2n) is 5.00. The molecule has 0 spiro atoms. The number of anilines is 2. The highest BCUT2D eigenvalue weighted by Gasteiger charge is 2.30. The van der Waals surface area contributed by atoms with E-state index in [2.05, 4.69) is 15.5 Å². The van der Waals surface area contributed by atoms with E-state index in [1.165, 1.54) is 37.1 Å². The molecule has 0 saturated heterocycles. The number of hydrogen-bond donors (Lipinski definition) is 1. The molecule has 0 saturated carbocycles. The fourth-order valence-corrected chi connectivity index (χ4v) is 4.45. The van der Waals surface area contributed by atoms with Crippen LogP contribution >= 0.6 is 23.1 Å². The highest BCUT2D eigenvalue weighted by Crippen LogP contribution is 2.27. The quantitative estimate of drug-likeness (QED) is 0.559. The van der Waals surface area contributed by atoms with Gasteiger partial charge in [-0.15, -0.1) is 10.2 Å². The minimum Gasteiger partial charge on any atom is -0.497 e. The van der Waals surface area contributed by atoms with Crippen molar-refractivity contribution in [1.82, 2.24) is 10.2 Å². The highest BCUT2D eigenvalue weighted by molar-refractivity contribution is 8.00. The number of nitrogens with zero attached hydrogens (tertiary/aromatic N) is 3. The van der Waals surface area contributed by atoms with Crippen LogP contribution in [0, 0.1) is 0 Å². The van der Waals surface area contributed by atoms with Gasteiger partial charge in [0.05, 0.1) is 19.1 Å². The van der Waals surface area contributed by atoms with Crippen molar-refractivity contribution in [3.8, 4) is 5.75 Å². The summed E-state index contributed by atoms with van der Waals surface area (Å²) >= 11 is 2.63. The predicted molar refractivity (Wildman–Crippen MR) is 100 cm³/mol. The number of ether oxygens (including phenoxy) is 1. The van der Waals surface area contributed by atoms with E-state index in [0.717, 1.165) is 10.6 Å². The molecule has 136 valence electrons. The second kappa shape index (κ2) is 8.02. The molecule has 0 aliphatic carbocycles. The monoisotopic (exact) mass is 402 g/mol. The molecule has 1 N–H and O–H groups in total. The molecule has 8 nitrogen and oxygen atoms in total. The van der Waals surface area contributed by atoms with Crippen molar-refractivity contribution in [2.45, 2.75) is 17.3 Å². The maximum Gasteiger partial charge on any atom is 0.249 e. The molecule has 2 rings (SSSR count). The molecule has 0 radical (unpaired) electrons. The zero-order valence-electron chi connectivity index (χ0n) is 14.1. The first-order valence-electron chi connectivity index (χ1n) is 7.08. The first-order chi connectivity index (χ1) is 11.8. The summed E-state index contributed by atoms with van der Waals surface area (Å²) in [6, 6.07) is 5.53. The van der Waals surface area contributed by atoms with Gasteiger partial charge < -0.3 is 4.74 Å². The number of rotatable bonds is 7. The van der Waals surface area contributed by atoms with E-state index in [0.29, 0.717) is 20.9 Å². The number of carbonyl (C=O) groups is 1. The lowest BCUT2D eigenvalue weighted by atomic mass is 10.2. The van der Waals surface area contributed by atoms with Crippen LogP contribution in [0.1, 0.15) is 6.92 Å². The van der Waals surface area contributed by atoms with Crippen molar-refractivity contribution in [2.24, 2.45) is 0 Å². The summed E-state index contributed by atoms with van der Waals surface area (Å²) in [5.41, 5.74) is 0.339. The van der Waals surface area contributed by atoms with Crippen LogP contribution in [0.3, 0.4) is 0 Å². The summed E-state index contributed by atoms with van der Waals surface area (Å²) < 4.78 is 31.4. The Morgan fingerprint density at radius 3 is 2.68 bits per heavy atom. The van der Waals surface area contributed by atoms with Crippen LogP contribution in [0.2, 0.25) is 0 Å². The van der Waals surface area contributed by atoms with Gasteiger partial charge in [0, 0.05) is 6.07 Å². The maximum absolute atomic E-state index is 12.5. The van der Waals surface area contributed by atoms with E-state index in [1.807, 2.05) is 6.26 Å². The third-order valence-electron chi connectivity index (χ3n) is 3.21. The number of methoxy groups -OCH3 is 1. The second-order valence-corrected chi connectivity index (χ2v) is 8.89. The standard InChI is InChI=1S/C14H18N4O4S3/c1-9(12(19)15-13-16-17-14(23-3)24-13)18(25(4,20)21)10-6-5-7-11(8-10)22-2/h5-9H,1-4H3,(H,15,16,19)/t9-/m0/s1. The summed E-state index contributed by atoms with van der Waals surface area (Å²) in [5.74, 6) is -0.00968. The Bertz CT molecular complexity index is 853. The van der Waals surface area contributed by atoms with Crippen molar-refractivity contribution < 1.29 is 17.9 Å². The van der Waals surface area contributed by atoms with Crippen molar-refractivity contribution >= 4 is 49.8 Å². The smallest absolute Gasteiger partial charge is 0.249 e. The van der Waals surface area contributed by atoms with Gasteiger partial charge >= 0.3 is 0 Å². The van der Waals surface area contributed by atoms with E-state index in [1.54, 1.807) is 24.3 Å². The third kappa shape index (κ3) is 4.83. The summed E-state index contributed by atoms with van der Waals surface area (Å²) in [7, 11) is -2.21. The van der Waals surface area contributed by atoms with Crippen LogP contribution in [0.4, 0.5) is 10.8 Å². The number of benzene rings is 1. The molecular formula is C14H18N4O4S3. The Morgan fingerprint density at radius 2 is 2.12 bits per heavy atom. The van der Waals surface area contributed by atoms with Gasteiger partial charge in [-0.3, -0.25) is 14.4 Å². The summed E-state index contributed by atoms with van der Waals surface area (Å²) in [4.78, 5) is 12.5. The molecular weight excluding hydrogens is 384 g/mol. The Kier molecular flexibility index (Phi) is 6.25. The zero-order chi connectivity index (χ0) is 18.6. The van der Waals surface area contributed by atoms with Gasteiger partial charge in [0.15, 0.2) is 4.34 Å². The van der Waals surface area contributed by atoms with Crippen molar-refractivity contribution in [3.05, 3.63) is 24.3 Å². The zero-order valence-corrected chi connectivity index (χ0v) is 16.5. The average Bonchev–Trinajstić information content (AvgIpc) is 3.01. The Labute approximate surface area is 154 Å². The fraction of sp³-hybridized carbons (Fsp3) is 0.357. The SMILES string of the molecule is COc1cccc(N([C@@H](C)C(=O)Nc2nnc(SC)s2)S(C)(=O)=O)c1. The lowest BCUT2D eigenvalue weighted by Crippen LogP contribution is -2.45. The fourth-order valence-electron chi connectivity index (χ4n) is 2.11. The molecule has 25 heavy (non-hydrogen) atoms. The van der Waals surface area contributed by atoms with Crippen LogP contribution < -0.4 is 14.4 Å². The first-order valence-corrected chi connectivity index (χ1v) is 11.0. The van der Waals surface area contributed by atoms with Crippen molar-refractivity contribution in [2.75, 3.05) is 29.2 Å².